The molecular weight excluding hydrogens is 314 g/mol. The van der Waals surface area contributed by atoms with E-state index in [2.05, 4.69) is 10.6 Å². The minimum absolute atomic E-state index is 0.0780. The zero-order valence-electron chi connectivity index (χ0n) is 15.0. The fraction of sp³-hybridized carbons (Fsp3) is 0.500. The van der Waals surface area contributed by atoms with E-state index in [4.69, 9.17) is 0 Å². The van der Waals surface area contributed by atoms with Gasteiger partial charge in [0, 0.05) is 13.0 Å². The summed E-state index contributed by atoms with van der Waals surface area (Å²) in [7, 11) is 0. The van der Waals surface area contributed by atoms with Crippen LogP contribution in [0.25, 0.3) is 0 Å². The zero-order chi connectivity index (χ0) is 17.9. The largest absolute Gasteiger partial charge is 0.325 e. The van der Waals surface area contributed by atoms with Crippen LogP contribution in [0.4, 0.5) is 4.79 Å². The normalized spacial score (nSPS) is 24.3. The van der Waals surface area contributed by atoms with Crippen LogP contribution in [0.15, 0.2) is 42.0 Å². The summed E-state index contributed by atoms with van der Waals surface area (Å²) in [4.78, 5) is 27.3. The Hall–Kier alpha value is -2.14. The van der Waals surface area contributed by atoms with Crippen LogP contribution in [0.1, 0.15) is 32.3 Å². The molecule has 5 nitrogen and oxygen atoms in total. The second-order valence-corrected chi connectivity index (χ2v) is 7.29. The first-order valence-electron chi connectivity index (χ1n) is 9.05. The van der Waals surface area contributed by atoms with E-state index in [1.165, 1.54) is 4.90 Å². The van der Waals surface area contributed by atoms with E-state index in [-0.39, 0.29) is 17.9 Å². The third kappa shape index (κ3) is 3.61. The van der Waals surface area contributed by atoms with Crippen LogP contribution in [-0.2, 0) is 11.2 Å². The fourth-order valence-corrected chi connectivity index (χ4v) is 3.86. The van der Waals surface area contributed by atoms with Crippen molar-refractivity contribution in [3.63, 3.8) is 0 Å². The first kappa shape index (κ1) is 17.7. The van der Waals surface area contributed by atoms with Crippen LogP contribution in [-0.4, -0.2) is 42.0 Å². The van der Waals surface area contributed by atoms with Crippen molar-refractivity contribution >= 4 is 11.9 Å². The molecule has 2 N–H and O–H groups in total. The lowest BCUT2D eigenvalue weighted by atomic mass is 9.74. The summed E-state index contributed by atoms with van der Waals surface area (Å²) in [6.07, 6.45) is 4.28. The van der Waals surface area contributed by atoms with Gasteiger partial charge in [-0.3, -0.25) is 9.69 Å². The number of nitrogens with one attached hydrogen (secondary N) is 2. The Bertz CT molecular complexity index is 661. The molecule has 0 aromatic heterocycles. The molecule has 134 valence electrons. The Morgan fingerprint density at radius 2 is 1.88 bits per heavy atom. The number of piperidine rings is 1. The molecule has 2 aliphatic rings. The van der Waals surface area contributed by atoms with Crippen molar-refractivity contribution in [2.45, 2.75) is 38.6 Å². The molecule has 2 heterocycles. The van der Waals surface area contributed by atoms with Gasteiger partial charge >= 0.3 is 6.03 Å². The molecular formula is C20H27N3O2. The highest BCUT2D eigenvalue weighted by Gasteiger charge is 2.55. The number of carbonyl (C=O) groups is 2. The number of amides is 3. The Labute approximate surface area is 149 Å². The predicted molar refractivity (Wildman–Crippen MR) is 98.1 cm³/mol. The molecule has 0 spiro atoms. The Balaban J connectivity index is 1.92. The summed E-state index contributed by atoms with van der Waals surface area (Å²) in [6.45, 7) is 6.07. The second kappa shape index (κ2) is 7.40. The maximum Gasteiger partial charge on any atom is 0.325 e. The van der Waals surface area contributed by atoms with Crippen LogP contribution in [0.5, 0.6) is 0 Å². The number of nitrogens with zero attached hydrogens (tertiary/aromatic N) is 1. The molecule has 0 bridgehead atoms. The van der Waals surface area contributed by atoms with Crippen LogP contribution in [0.2, 0.25) is 0 Å². The summed E-state index contributed by atoms with van der Waals surface area (Å²) >= 11 is 0. The number of benzene rings is 1. The minimum atomic E-state index is -0.823. The van der Waals surface area contributed by atoms with Gasteiger partial charge in [0.25, 0.3) is 5.91 Å². The number of rotatable bonds is 5. The Kier molecular flexibility index (Phi) is 5.23. The molecule has 2 fully saturated rings. The van der Waals surface area contributed by atoms with Gasteiger partial charge in [0.15, 0.2) is 0 Å². The monoisotopic (exact) mass is 341 g/mol. The predicted octanol–water partition coefficient (Wildman–Crippen LogP) is 2.49. The topological polar surface area (TPSA) is 61.4 Å². The molecule has 3 amide bonds. The highest BCUT2D eigenvalue weighted by molar-refractivity contribution is 6.07. The van der Waals surface area contributed by atoms with Crippen molar-refractivity contribution in [1.82, 2.24) is 15.5 Å². The first-order valence-corrected chi connectivity index (χ1v) is 9.05. The SMILES string of the molecule is CC(C)=CCN1C(=O)N[C@@](Cc2ccccc2)(C2CCNCC2)C1=O. The molecule has 5 heteroatoms. The zero-order valence-corrected chi connectivity index (χ0v) is 15.0. The number of hydrogen-bond donors (Lipinski definition) is 2. The van der Waals surface area contributed by atoms with Crippen molar-refractivity contribution in [2.24, 2.45) is 5.92 Å². The van der Waals surface area contributed by atoms with Gasteiger partial charge in [-0.1, -0.05) is 42.0 Å². The lowest BCUT2D eigenvalue weighted by Gasteiger charge is -2.38. The molecule has 3 rings (SSSR count). The third-order valence-corrected chi connectivity index (χ3v) is 5.25. The highest BCUT2D eigenvalue weighted by Crippen LogP contribution is 2.35. The van der Waals surface area contributed by atoms with Crippen LogP contribution < -0.4 is 10.6 Å². The third-order valence-electron chi connectivity index (χ3n) is 5.25. The highest BCUT2D eigenvalue weighted by atomic mass is 16.2. The average molecular weight is 341 g/mol. The maximum absolute atomic E-state index is 13.3. The van der Waals surface area contributed by atoms with E-state index in [9.17, 15) is 9.59 Å². The Morgan fingerprint density at radius 3 is 2.52 bits per heavy atom. The van der Waals surface area contributed by atoms with Crippen LogP contribution in [0, 0.1) is 5.92 Å². The van der Waals surface area contributed by atoms with Gasteiger partial charge < -0.3 is 10.6 Å². The molecule has 0 unspecified atom stereocenters. The van der Waals surface area contributed by atoms with Crippen molar-refractivity contribution in [3.8, 4) is 0 Å². The van der Waals surface area contributed by atoms with E-state index in [0.29, 0.717) is 13.0 Å². The second-order valence-electron chi connectivity index (χ2n) is 7.29. The lowest BCUT2D eigenvalue weighted by molar-refractivity contribution is -0.133. The number of allylic oxidation sites excluding steroid dienone is 1. The van der Waals surface area contributed by atoms with Gasteiger partial charge in [0.2, 0.25) is 0 Å². The Morgan fingerprint density at radius 1 is 1.20 bits per heavy atom. The molecule has 0 aliphatic carbocycles. The van der Waals surface area contributed by atoms with Gasteiger partial charge in [-0.2, -0.15) is 0 Å². The number of urea groups is 1. The van der Waals surface area contributed by atoms with Gasteiger partial charge in [-0.25, -0.2) is 4.79 Å². The van der Waals surface area contributed by atoms with Gasteiger partial charge in [0.05, 0.1) is 0 Å². The van der Waals surface area contributed by atoms with E-state index in [0.717, 1.165) is 37.1 Å². The molecule has 2 saturated heterocycles. The summed E-state index contributed by atoms with van der Waals surface area (Å²) in [6, 6.07) is 9.72. The summed E-state index contributed by atoms with van der Waals surface area (Å²) < 4.78 is 0. The standard InChI is InChI=1S/C20H27N3O2/c1-15(2)10-13-23-18(24)20(22-19(23)25,17-8-11-21-12-9-17)14-16-6-4-3-5-7-16/h3-7,10,17,21H,8-9,11-14H2,1-2H3,(H,22,25)/t20-/m0/s1. The molecule has 2 aliphatic heterocycles. The van der Waals surface area contributed by atoms with E-state index in [1.54, 1.807) is 0 Å². The molecule has 25 heavy (non-hydrogen) atoms. The fourth-order valence-electron chi connectivity index (χ4n) is 3.86. The molecule has 1 aromatic carbocycles. The van der Waals surface area contributed by atoms with Gasteiger partial charge in [0.1, 0.15) is 5.54 Å². The summed E-state index contributed by atoms with van der Waals surface area (Å²) in [5.74, 6) is 0.0767. The quantitative estimate of drug-likeness (QED) is 0.639. The average Bonchev–Trinajstić information content (AvgIpc) is 2.85. The van der Waals surface area contributed by atoms with E-state index < -0.39 is 5.54 Å². The molecule has 0 saturated carbocycles. The molecule has 0 radical (unpaired) electrons. The smallest absolute Gasteiger partial charge is 0.322 e. The molecule has 1 aromatic rings. The molecule has 1 atom stereocenters. The van der Waals surface area contributed by atoms with Crippen molar-refractivity contribution < 1.29 is 9.59 Å². The van der Waals surface area contributed by atoms with Crippen molar-refractivity contribution in [3.05, 3.63) is 47.5 Å². The van der Waals surface area contributed by atoms with Gasteiger partial charge in [-0.05, 0) is 51.3 Å². The lowest BCUT2D eigenvalue weighted by Crippen LogP contribution is -2.57. The van der Waals surface area contributed by atoms with E-state index >= 15 is 0 Å². The van der Waals surface area contributed by atoms with Crippen LogP contribution >= 0.6 is 0 Å². The van der Waals surface area contributed by atoms with Crippen molar-refractivity contribution in [2.75, 3.05) is 19.6 Å². The number of hydrogen-bond acceptors (Lipinski definition) is 3. The number of carbonyl (C=O) groups excluding carboxylic acids is 2. The van der Waals surface area contributed by atoms with Crippen molar-refractivity contribution in [1.29, 1.82) is 0 Å². The maximum atomic E-state index is 13.3. The summed E-state index contributed by atoms with van der Waals surface area (Å²) in [5.41, 5.74) is 1.36. The van der Waals surface area contributed by atoms with Gasteiger partial charge in [-0.15, -0.1) is 0 Å². The number of imide groups is 1. The minimum Gasteiger partial charge on any atom is -0.322 e. The first-order chi connectivity index (χ1) is 12.0. The van der Waals surface area contributed by atoms with E-state index in [1.807, 2.05) is 50.3 Å². The summed E-state index contributed by atoms with van der Waals surface area (Å²) in [5, 5.41) is 6.44. The van der Waals surface area contributed by atoms with Crippen LogP contribution in [0.3, 0.4) is 0 Å².